The van der Waals surface area contributed by atoms with E-state index >= 15 is 0 Å². The molecule has 2 aromatic heterocycles. The van der Waals surface area contributed by atoms with Crippen LogP contribution in [0.15, 0.2) is 48.3 Å². The molecule has 53 heavy (non-hydrogen) atoms. The Hall–Kier alpha value is -2.55. The molecule has 8 heteroatoms. The zero-order valence-electron chi connectivity index (χ0n) is 34.5. The Bertz CT molecular complexity index is 1710. The van der Waals surface area contributed by atoms with E-state index in [0.717, 1.165) is 56.5 Å². The van der Waals surface area contributed by atoms with Gasteiger partial charge in [0.1, 0.15) is 0 Å². The summed E-state index contributed by atoms with van der Waals surface area (Å²) in [6.45, 7) is 25.1. The van der Waals surface area contributed by atoms with Crippen LogP contribution in [-0.2, 0) is 14.3 Å². The topological polar surface area (TPSA) is 98.5 Å². The minimum absolute atomic E-state index is 0.0329. The predicted octanol–water partition coefficient (Wildman–Crippen LogP) is 9.09. The van der Waals surface area contributed by atoms with Crippen LogP contribution in [0.4, 0.5) is 0 Å². The second-order valence-corrected chi connectivity index (χ2v) is 20.1. The number of ether oxygens (including phenoxy) is 2. The molecule has 2 bridgehead atoms. The van der Waals surface area contributed by atoms with E-state index in [-0.39, 0.29) is 50.7 Å². The molecular weight excluding hydrogens is 661 g/mol. The number of carboxylic acids is 1. The summed E-state index contributed by atoms with van der Waals surface area (Å²) in [7, 11) is 2.05. The molecule has 3 saturated carbocycles. The molecule has 5 aliphatic rings. The lowest BCUT2D eigenvalue weighted by Gasteiger charge is -2.71. The van der Waals surface area contributed by atoms with Crippen LogP contribution < -0.4 is 5.32 Å². The molecule has 7 rings (SSSR count). The molecule has 0 unspecified atom stereocenters. The second-order valence-electron chi connectivity index (χ2n) is 20.1. The van der Waals surface area contributed by atoms with Gasteiger partial charge in [-0.1, -0.05) is 80.0 Å². The number of aromatic nitrogens is 3. The molecule has 0 radical (unpaired) electrons. The van der Waals surface area contributed by atoms with Crippen molar-refractivity contribution in [3.05, 3.63) is 48.3 Å². The number of hydrogen-bond donors (Lipinski definition) is 2. The number of carbonyl (C=O) groups is 1. The van der Waals surface area contributed by atoms with Gasteiger partial charge in [-0.15, -0.1) is 0 Å². The molecule has 0 aromatic carbocycles. The summed E-state index contributed by atoms with van der Waals surface area (Å²) >= 11 is 0. The highest BCUT2D eigenvalue weighted by atomic mass is 16.5. The van der Waals surface area contributed by atoms with Gasteiger partial charge in [0.2, 0.25) is 0 Å². The Morgan fingerprint density at radius 2 is 1.81 bits per heavy atom. The van der Waals surface area contributed by atoms with Crippen molar-refractivity contribution in [3.63, 3.8) is 0 Å². The zero-order chi connectivity index (χ0) is 38.4. The Morgan fingerprint density at radius 1 is 1.06 bits per heavy atom. The molecule has 2 N–H and O–H groups in total. The minimum atomic E-state index is -0.620. The number of aliphatic carboxylic acids is 1. The Labute approximate surface area is 319 Å². The summed E-state index contributed by atoms with van der Waals surface area (Å²) in [5, 5.41) is 19.9. The van der Waals surface area contributed by atoms with Crippen LogP contribution in [0, 0.1) is 62.6 Å². The monoisotopic (exact) mass is 729 g/mol. The first-order valence-electron chi connectivity index (χ1n) is 20.7. The Kier molecular flexibility index (Phi) is 9.71. The Balaban J connectivity index is 1.41. The van der Waals surface area contributed by atoms with E-state index in [9.17, 15) is 9.90 Å². The number of fused-ring (bicyclic) bond motifs is 3. The number of rotatable bonds is 10. The summed E-state index contributed by atoms with van der Waals surface area (Å²) in [6.07, 6.45) is 11.9. The van der Waals surface area contributed by atoms with Gasteiger partial charge in [0.05, 0.1) is 49.3 Å². The van der Waals surface area contributed by atoms with Gasteiger partial charge in [0.25, 0.3) is 0 Å². The highest BCUT2D eigenvalue weighted by Gasteiger charge is 2.72. The highest BCUT2D eigenvalue weighted by Crippen LogP contribution is 2.75. The third-order valence-corrected chi connectivity index (χ3v) is 17.3. The molecule has 0 amide bonds. The average Bonchev–Trinajstić information content (AvgIpc) is 3.61. The van der Waals surface area contributed by atoms with Gasteiger partial charge < -0.3 is 19.9 Å². The fourth-order valence-corrected chi connectivity index (χ4v) is 13.2. The van der Waals surface area contributed by atoms with Crippen molar-refractivity contribution in [1.82, 2.24) is 20.1 Å². The molecule has 4 fully saturated rings. The molecule has 1 saturated heterocycles. The number of pyridine rings is 1. The van der Waals surface area contributed by atoms with E-state index in [2.05, 4.69) is 97.4 Å². The van der Waals surface area contributed by atoms with Gasteiger partial charge in [-0.2, -0.15) is 5.10 Å². The summed E-state index contributed by atoms with van der Waals surface area (Å²) in [4.78, 5) is 18.4. The van der Waals surface area contributed by atoms with Crippen LogP contribution in [0.3, 0.4) is 0 Å². The van der Waals surface area contributed by atoms with Crippen LogP contribution in [-0.4, -0.2) is 64.4 Å². The smallest absolute Gasteiger partial charge is 0.307 e. The van der Waals surface area contributed by atoms with Crippen LogP contribution >= 0.6 is 0 Å². The van der Waals surface area contributed by atoms with E-state index in [4.69, 9.17) is 19.6 Å². The number of nitrogens with zero attached hydrogens (tertiary/aromatic N) is 3. The lowest BCUT2D eigenvalue weighted by molar-refractivity contribution is -0.254. The van der Waals surface area contributed by atoms with Crippen molar-refractivity contribution in [2.24, 2.45) is 62.6 Å². The molecule has 8 nitrogen and oxygen atoms in total. The lowest BCUT2D eigenvalue weighted by Crippen LogP contribution is -2.70. The fraction of sp³-hybridized carbons (Fsp3) is 0.756. The standard InChI is InChI=1S/C45H68N4O4/c1-28(2)30(5)41(7)20-21-42(8)31-15-16-36-40(6)24-35(49-34(18-23-48-49)33-14-12-13-22-47-33)38(53-26-44(10,46-11)29(3)4)45(36,27-52-25-40)32(31)17-19-43(42,9)37(41)39(50)51/h12-14,17-18,22-23,28-31,35-38,46H,15-16,19-21,24-27H2,1-11H3,(H,50,51)/t30-,31+,35-,36-,37-,38+,40-,41-,42-,43+,44+,45+/m1/s1. The van der Waals surface area contributed by atoms with Crippen molar-refractivity contribution in [2.75, 3.05) is 26.9 Å². The number of likely N-dealkylation sites (N-methyl/N-ethyl adjacent to an activating group) is 1. The van der Waals surface area contributed by atoms with Gasteiger partial charge in [-0.25, -0.2) is 0 Å². The van der Waals surface area contributed by atoms with Gasteiger partial charge in [0.15, 0.2) is 0 Å². The summed E-state index contributed by atoms with van der Waals surface area (Å²) < 4.78 is 16.6. The van der Waals surface area contributed by atoms with Gasteiger partial charge in [-0.05, 0) is 122 Å². The van der Waals surface area contributed by atoms with Gasteiger partial charge in [0, 0.05) is 23.3 Å². The maximum absolute atomic E-state index is 13.7. The van der Waals surface area contributed by atoms with Crippen molar-refractivity contribution in [2.45, 2.75) is 125 Å². The van der Waals surface area contributed by atoms with Gasteiger partial charge >= 0.3 is 5.97 Å². The fourth-order valence-electron chi connectivity index (χ4n) is 13.2. The first-order chi connectivity index (χ1) is 24.9. The maximum Gasteiger partial charge on any atom is 0.307 e. The maximum atomic E-state index is 13.7. The second kappa shape index (κ2) is 13.3. The highest BCUT2D eigenvalue weighted by molar-refractivity contribution is 5.73. The van der Waals surface area contributed by atoms with Crippen LogP contribution in [0.2, 0.25) is 0 Å². The van der Waals surface area contributed by atoms with Crippen molar-refractivity contribution in [1.29, 1.82) is 0 Å². The third-order valence-electron chi connectivity index (χ3n) is 17.3. The van der Waals surface area contributed by atoms with Crippen molar-refractivity contribution >= 4 is 5.97 Å². The molecule has 0 spiro atoms. The van der Waals surface area contributed by atoms with E-state index in [0.29, 0.717) is 36.9 Å². The summed E-state index contributed by atoms with van der Waals surface area (Å²) in [5.41, 5.74) is 1.91. The molecule has 1 aliphatic heterocycles. The van der Waals surface area contributed by atoms with Crippen molar-refractivity contribution < 1.29 is 19.4 Å². The first-order valence-corrected chi connectivity index (χ1v) is 20.7. The van der Waals surface area contributed by atoms with Crippen molar-refractivity contribution in [3.8, 4) is 11.4 Å². The Morgan fingerprint density at radius 3 is 2.45 bits per heavy atom. The number of allylic oxidation sites excluding steroid dienone is 1. The van der Waals surface area contributed by atoms with E-state index in [1.54, 1.807) is 0 Å². The first kappa shape index (κ1) is 38.7. The minimum Gasteiger partial charge on any atom is -0.481 e. The van der Waals surface area contributed by atoms with Gasteiger partial charge in [-0.3, -0.25) is 14.5 Å². The number of hydrogen-bond acceptors (Lipinski definition) is 6. The molecule has 4 aliphatic carbocycles. The quantitative estimate of drug-likeness (QED) is 0.236. The van der Waals surface area contributed by atoms with Crippen LogP contribution in [0.5, 0.6) is 0 Å². The van der Waals surface area contributed by atoms with E-state index < -0.39 is 11.9 Å². The molecule has 12 atom stereocenters. The summed E-state index contributed by atoms with van der Waals surface area (Å²) in [6, 6.07) is 8.16. The SMILES string of the molecule is CN[C@@](C)(CO[C@H]1[C@H](n2nccc2-c2ccccn2)C[C@]2(C)COC[C@@]13C1=CC[C@@]4(C)[C@H](C(=O)O)[C@@](C)([C@H](C)C(C)C)CC[C@]4(C)[C@H]1CC[C@H]23)C(C)C. The molecule has 2 aromatic rings. The van der Waals surface area contributed by atoms with E-state index in [1.807, 2.05) is 31.6 Å². The third kappa shape index (κ3) is 5.49. The lowest BCUT2D eigenvalue weighted by atomic mass is 9.34. The normalized spacial score (nSPS) is 41.2. The predicted molar refractivity (Wildman–Crippen MR) is 210 cm³/mol. The van der Waals surface area contributed by atoms with E-state index in [1.165, 1.54) is 5.57 Å². The average molecular weight is 729 g/mol. The summed E-state index contributed by atoms with van der Waals surface area (Å²) in [5.74, 6) is 0.673. The largest absolute Gasteiger partial charge is 0.481 e. The zero-order valence-corrected chi connectivity index (χ0v) is 34.5. The van der Waals surface area contributed by atoms with Crippen LogP contribution in [0.1, 0.15) is 114 Å². The van der Waals surface area contributed by atoms with Crippen LogP contribution in [0.25, 0.3) is 11.4 Å². The number of carboxylic acid groups (broad SMARTS) is 1. The molecular formula is C45H68N4O4. The molecule has 3 heterocycles. The number of nitrogens with one attached hydrogen (secondary N) is 1. The molecule has 292 valence electrons.